The SMILES string of the molecule is C1=CNCC(c2nsnc2SCCOc2ccccc2)C1.O=C(O)C(=O)O. The first-order valence-corrected chi connectivity index (χ1v) is 9.77. The number of benzene rings is 1. The molecular formula is C17H19N3O5S2. The fourth-order valence-corrected chi connectivity index (χ4v) is 3.79. The van der Waals surface area contributed by atoms with Crippen molar-refractivity contribution >= 4 is 35.4 Å². The first-order valence-electron chi connectivity index (χ1n) is 8.05. The molecule has 27 heavy (non-hydrogen) atoms. The molecule has 0 fully saturated rings. The van der Waals surface area contributed by atoms with Crippen LogP contribution in [0.5, 0.6) is 5.75 Å². The van der Waals surface area contributed by atoms with Crippen LogP contribution in [0.15, 0.2) is 47.6 Å². The van der Waals surface area contributed by atoms with Gasteiger partial charge in [0.05, 0.1) is 24.0 Å². The van der Waals surface area contributed by atoms with E-state index in [0.29, 0.717) is 12.5 Å². The van der Waals surface area contributed by atoms with Gasteiger partial charge in [0.25, 0.3) is 0 Å². The molecule has 3 rings (SSSR count). The van der Waals surface area contributed by atoms with E-state index in [4.69, 9.17) is 24.5 Å². The topological polar surface area (TPSA) is 122 Å². The van der Waals surface area contributed by atoms with E-state index in [1.807, 2.05) is 36.5 Å². The second-order valence-corrected chi connectivity index (χ2v) is 6.93. The standard InChI is InChI=1S/C15H17N3OS2.C2H2O4/c1-2-6-13(7-3-1)19-9-10-20-15-14(17-21-18-15)12-5-4-8-16-11-12;3-1(4)2(5)6/h1-4,6-8,12,16H,5,9-11H2;(H,3,4)(H,5,6). The summed E-state index contributed by atoms with van der Waals surface area (Å²) in [5, 5.41) is 19.1. The zero-order valence-electron chi connectivity index (χ0n) is 14.3. The Balaban J connectivity index is 0.000000380. The van der Waals surface area contributed by atoms with Crippen LogP contribution < -0.4 is 10.1 Å². The van der Waals surface area contributed by atoms with Crippen molar-refractivity contribution in [3.05, 3.63) is 48.3 Å². The molecule has 3 N–H and O–H groups in total. The van der Waals surface area contributed by atoms with Crippen LogP contribution in [0.2, 0.25) is 0 Å². The first kappa shape index (κ1) is 20.7. The Morgan fingerprint density at radius 3 is 2.59 bits per heavy atom. The largest absolute Gasteiger partial charge is 0.493 e. The highest BCUT2D eigenvalue weighted by molar-refractivity contribution is 7.99. The number of carbonyl (C=O) groups is 2. The summed E-state index contributed by atoms with van der Waals surface area (Å²) in [6, 6.07) is 9.89. The number of hydrogen-bond acceptors (Lipinski definition) is 8. The van der Waals surface area contributed by atoms with Gasteiger partial charge in [-0.15, -0.1) is 0 Å². The third-order valence-electron chi connectivity index (χ3n) is 3.41. The van der Waals surface area contributed by atoms with Crippen LogP contribution in [-0.4, -0.2) is 49.8 Å². The third-order valence-corrected chi connectivity index (χ3v) is 5.01. The number of carboxylic acids is 2. The van der Waals surface area contributed by atoms with Crippen LogP contribution in [0.25, 0.3) is 0 Å². The molecule has 1 aromatic heterocycles. The van der Waals surface area contributed by atoms with E-state index in [1.54, 1.807) is 11.8 Å². The molecule has 1 unspecified atom stereocenters. The van der Waals surface area contributed by atoms with E-state index in [1.165, 1.54) is 11.7 Å². The Bertz CT molecular complexity index is 755. The Morgan fingerprint density at radius 2 is 1.96 bits per heavy atom. The first-order chi connectivity index (χ1) is 13.1. The monoisotopic (exact) mass is 409 g/mol. The maximum atomic E-state index is 9.10. The summed E-state index contributed by atoms with van der Waals surface area (Å²) in [6.45, 7) is 1.62. The molecule has 10 heteroatoms. The summed E-state index contributed by atoms with van der Waals surface area (Å²) in [4.78, 5) is 18.2. The molecule has 1 atom stereocenters. The van der Waals surface area contributed by atoms with E-state index in [2.05, 4.69) is 20.1 Å². The summed E-state index contributed by atoms with van der Waals surface area (Å²) < 4.78 is 14.6. The van der Waals surface area contributed by atoms with Gasteiger partial charge in [-0.05, 0) is 24.8 Å². The molecule has 1 aliphatic heterocycles. The second-order valence-electron chi connectivity index (χ2n) is 5.32. The molecule has 0 saturated carbocycles. The highest BCUT2D eigenvalue weighted by atomic mass is 32.2. The van der Waals surface area contributed by atoms with Crippen molar-refractivity contribution < 1.29 is 24.5 Å². The van der Waals surface area contributed by atoms with Crippen molar-refractivity contribution in [3.63, 3.8) is 0 Å². The summed E-state index contributed by atoms with van der Waals surface area (Å²) in [7, 11) is 0. The summed E-state index contributed by atoms with van der Waals surface area (Å²) in [6.07, 6.45) is 5.20. The summed E-state index contributed by atoms with van der Waals surface area (Å²) >= 11 is 3.03. The van der Waals surface area contributed by atoms with E-state index in [-0.39, 0.29) is 0 Å². The lowest BCUT2D eigenvalue weighted by Crippen LogP contribution is -2.20. The molecule has 0 saturated heterocycles. The molecule has 0 amide bonds. The molecule has 1 aromatic carbocycles. The molecule has 0 radical (unpaired) electrons. The van der Waals surface area contributed by atoms with Crippen LogP contribution in [-0.2, 0) is 9.59 Å². The maximum Gasteiger partial charge on any atom is 0.414 e. The van der Waals surface area contributed by atoms with Gasteiger partial charge < -0.3 is 20.3 Å². The highest BCUT2D eigenvalue weighted by Crippen LogP contribution is 2.29. The van der Waals surface area contributed by atoms with Crippen LogP contribution in [0, 0.1) is 0 Å². The molecule has 0 aliphatic carbocycles. The van der Waals surface area contributed by atoms with Gasteiger partial charge in [0, 0.05) is 18.2 Å². The van der Waals surface area contributed by atoms with Crippen LogP contribution in [0.4, 0.5) is 0 Å². The minimum Gasteiger partial charge on any atom is -0.493 e. The molecule has 1 aliphatic rings. The van der Waals surface area contributed by atoms with Gasteiger partial charge in [0.2, 0.25) is 0 Å². The fraction of sp³-hybridized carbons (Fsp3) is 0.294. The zero-order chi connectivity index (χ0) is 19.5. The number of nitrogens with zero attached hydrogens (tertiary/aromatic N) is 2. The lowest BCUT2D eigenvalue weighted by molar-refractivity contribution is -0.159. The number of hydrogen-bond donors (Lipinski definition) is 3. The Kier molecular flexibility index (Phi) is 8.59. The number of allylic oxidation sites excluding steroid dienone is 1. The molecule has 144 valence electrons. The zero-order valence-corrected chi connectivity index (χ0v) is 15.9. The third kappa shape index (κ3) is 7.27. The average molecular weight is 409 g/mol. The number of para-hydroxylation sites is 1. The molecule has 8 nitrogen and oxygen atoms in total. The minimum absolute atomic E-state index is 0.436. The van der Waals surface area contributed by atoms with Crippen molar-refractivity contribution in [3.8, 4) is 5.75 Å². The van der Waals surface area contributed by atoms with Gasteiger partial charge in [-0.2, -0.15) is 8.75 Å². The number of nitrogens with one attached hydrogen (secondary N) is 1. The highest BCUT2D eigenvalue weighted by Gasteiger charge is 2.20. The van der Waals surface area contributed by atoms with Crippen molar-refractivity contribution in [2.75, 3.05) is 18.9 Å². The maximum absolute atomic E-state index is 9.10. The van der Waals surface area contributed by atoms with E-state index < -0.39 is 11.9 Å². The molecule has 2 aromatic rings. The number of carboxylic acid groups (broad SMARTS) is 2. The number of aliphatic carboxylic acids is 2. The van der Waals surface area contributed by atoms with Crippen LogP contribution >= 0.6 is 23.5 Å². The van der Waals surface area contributed by atoms with Crippen molar-refractivity contribution in [2.45, 2.75) is 17.4 Å². The molecular weight excluding hydrogens is 390 g/mol. The Morgan fingerprint density at radius 1 is 1.22 bits per heavy atom. The van der Waals surface area contributed by atoms with Gasteiger partial charge in [-0.1, -0.05) is 36.0 Å². The Hall–Kier alpha value is -2.59. The number of thioether (sulfide) groups is 1. The van der Waals surface area contributed by atoms with Gasteiger partial charge in [0.1, 0.15) is 10.8 Å². The Labute approximate surface area is 164 Å². The predicted octanol–water partition coefficient (Wildman–Crippen LogP) is 2.46. The van der Waals surface area contributed by atoms with Crippen LogP contribution in [0.1, 0.15) is 18.0 Å². The number of ether oxygens (including phenoxy) is 1. The fourth-order valence-electron chi connectivity index (χ4n) is 2.17. The minimum atomic E-state index is -1.82. The lowest BCUT2D eigenvalue weighted by atomic mass is 10.0. The smallest absolute Gasteiger partial charge is 0.414 e. The quantitative estimate of drug-likeness (QED) is 0.375. The van der Waals surface area contributed by atoms with Gasteiger partial charge in [-0.3, -0.25) is 0 Å². The van der Waals surface area contributed by atoms with Crippen molar-refractivity contribution in [1.82, 2.24) is 14.1 Å². The number of aromatic nitrogens is 2. The summed E-state index contributed by atoms with van der Waals surface area (Å²) in [5.41, 5.74) is 1.13. The van der Waals surface area contributed by atoms with E-state index in [0.717, 1.165) is 35.2 Å². The van der Waals surface area contributed by atoms with Crippen LogP contribution in [0.3, 0.4) is 0 Å². The molecule has 0 spiro atoms. The normalized spacial score (nSPS) is 15.2. The average Bonchev–Trinajstić information content (AvgIpc) is 3.16. The van der Waals surface area contributed by atoms with Crippen molar-refractivity contribution in [1.29, 1.82) is 0 Å². The van der Waals surface area contributed by atoms with E-state index >= 15 is 0 Å². The van der Waals surface area contributed by atoms with Gasteiger partial charge >= 0.3 is 11.9 Å². The summed E-state index contributed by atoms with van der Waals surface area (Å²) in [5.74, 6) is -1.42. The second kappa shape index (κ2) is 11.2. The van der Waals surface area contributed by atoms with Gasteiger partial charge in [0.15, 0.2) is 0 Å². The van der Waals surface area contributed by atoms with E-state index in [9.17, 15) is 0 Å². The number of rotatable bonds is 6. The molecule has 2 heterocycles. The van der Waals surface area contributed by atoms with Gasteiger partial charge in [-0.25, -0.2) is 9.59 Å². The lowest BCUT2D eigenvalue weighted by Gasteiger charge is -2.17. The predicted molar refractivity (Wildman–Crippen MR) is 102 cm³/mol. The molecule has 0 bridgehead atoms. The van der Waals surface area contributed by atoms with Crippen molar-refractivity contribution in [2.24, 2.45) is 0 Å².